The lowest BCUT2D eigenvalue weighted by Crippen LogP contribution is -2.40. The Morgan fingerprint density at radius 1 is 0.941 bits per heavy atom. The first-order chi connectivity index (χ1) is 8.31. The fraction of sp³-hybridized carbons (Fsp3) is 1.00. The number of piperidine rings is 1. The van der Waals surface area contributed by atoms with E-state index in [1.54, 1.807) is 0 Å². The SMILES string of the molecule is C1CCNCC1.CCCN.CN1CCNCC1. The minimum absolute atomic E-state index is 0.819. The zero-order chi connectivity index (χ0) is 12.8. The van der Waals surface area contributed by atoms with Gasteiger partial charge in [-0.1, -0.05) is 13.3 Å². The Morgan fingerprint density at radius 3 is 1.59 bits per heavy atom. The van der Waals surface area contributed by atoms with E-state index in [4.69, 9.17) is 5.73 Å². The average molecular weight is 244 g/mol. The van der Waals surface area contributed by atoms with Crippen molar-refractivity contribution in [3.63, 3.8) is 0 Å². The van der Waals surface area contributed by atoms with Gasteiger partial charge in [-0.25, -0.2) is 0 Å². The zero-order valence-corrected chi connectivity index (χ0v) is 11.8. The Kier molecular flexibility index (Phi) is 13.8. The van der Waals surface area contributed by atoms with Gasteiger partial charge in [0.15, 0.2) is 0 Å². The summed E-state index contributed by atoms with van der Waals surface area (Å²) >= 11 is 0. The maximum Gasteiger partial charge on any atom is 0.0104 e. The lowest BCUT2D eigenvalue weighted by molar-refractivity contribution is 0.291. The maximum absolute atomic E-state index is 5.03. The highest BCUT2D eigenvalue weighted by Crippen LogP contribution is 1.96. The van der Waals surface area contributed by atoms with Gasteiger partial charge in [-0.2, -0.15) is 0 Å². The van der Waals surface area contributed by atoms with E-state index in [1.807, 2.05) is 0 Å². The lowest BCUT2D eigenvalue weighted by Gasteiger charge is -2.21. The molecule has 2 saturated heterocycles. The van der Waals surface area contributed by atoms with Crippen LogP contribution in [-0.2, 0) is 0 Å². The lowest BCUT2D eigenvalue weighted by atomic mass is 10.2. The van der Waals surface area contributed by atoms with Crippen LogP contribution in [0.15, 0.2) is 0 Å². The molecule has 2 fully saturated rings. The van der Waals surface area contributed by atoms with Gasteiger partial charge in [0, 0.05) is 26.2 Å². The molecule has 4 nitrogen and oxygen atoms in total. The smallest absolute Gasteiger partial charge is 0.0104 e. The van der Waals surface area contributed by atoms with Crippen molar-refractivity contribution >= 4 is 0 Å². The summed E-state index contributed by atoms with van der Waals surface area (Å²) in [7, 11) is 2.15. The summed E-state index contributed by atoms with van der Waals surface area (Å²) in [6.07, 6.45) is 5.31. The minimum atomic E-state index is 0.819. The quantitative estimate of drug-likeness (QED) is 0.633. The van der Waals surface area contributed by atoms with Gasteiger partial charge in [0.1, 0.15) is 0 Å². The number of piperazine rings is 1. The first kappa shape index (κ1) is 16.8. The van der Waals surface area contributed by atoms with Crippen molar-refractivity contribution in [1.29, 1.82) is 0 Å². The van der Waals surface area contributed by atoms with E-state index in [-0.39, 0.29) is 0 Å². The van der Waals surface area contributed by atoms with Crippen LogP contribution in [0.4, 0.5) is 0 Å². The van der Waals surface area contributed by atoms with Crippen molar-refractivity contribution in [3.8, 4) is 0 Å². The molecule has 17 heavy (non-hydrogen) atoms. The monoisotopic (exact) mass is 244 g/mol. The largest absolute Gasteiger partial charge is 0.330 e. The van der Waals surface area contributed by atoms with Crippen molar-refractivity contribution in [2.24, 2.45) is 5.73 Å². The topological polar surface area (TPSA) is 53.3 Å². The first-order valence-corrected chi connectivity index (χ1v) is 7.11. The molecule has 0 aromatic rings. The van der Waals surface area contributed by atoms with Gasteiger partial charge in [-0.15, -0.1) is 0 Å². The number of nitrogens with two attached hydrogens (primary N) is 1. The van der Waals surface area contributed by atoms with Crippen LogP contribution in [0, 0.1) is 0 Å². The van der Waals surface area contributed by atoms with E-state index in [1.165, 1.54) is 45.4 Å². The van der Waals surface area contributed by atoms with Crippen LogP contribution in [0.1, 0.15) is 32.6 Å². The summed E-state index contributed by atoms with van der Waals surface area (Å²) in [4.78, 5) is 2.33. The van der Waals surface area contributed by atoms with E-state index in [0.717, 1.165) is 26.1 Å². The zero-order valence-electron chi connectivity index (χ0n) is 11.8. The van der Waals surface area contributed by atoms with Gasteiger partial charge in [0.05, 0.1) is 0 Å². The molecule has 0 aromatic heterocycles. The molecule has 0 spiro atoms. The second kappa shape index (κ2) is 13.9. The molecular weight excluding hydrogens is 212 g/mol. The van der Waals surface area contributed by atoms with Crippen LogP contribution >= 0.6 is 0 Å². The second-order valence-corrected chi connectivity index (χ2v) is 4.65. The van der Waals surface area contributed by atoms with Crippen molar-refractivity contribution < 1.29 is 0 Å². The molecule has 0 saturated carbocycles. The summed E-state index contributed by atoms with van der Waals surface area (Å²) in [5, 5.41) is 6.56. The molecule has 2 heterocycles. The summed E-state index contributed by atoms with van der Waals surface area (Å²) in [6.45, 7) is 10.1. The molecule has 0 unspecified atom stereocenters. The van der Waals surface area contributed by atoms with Crippen LogP contribution in [0.2, 0.25) is 0 Å². The summed E-state index contributed by atoms with van der Waals surface area (Å²) in [6, 6.07) is 0. The van der Waals surface area contributed by atoms with Crippen LogP contribution in [0.3, 0.4) is 0 Å². The molecule has 0 amide bonds. The molecule has 0 aromatic carbocycles. The Balaban J connectivity index is 0.000000236. The van der Waals surface area contributed by atoms with Gasteiger partial charge in [-0.05, 0) is 45.9 Å². The normalized spacial score (nSPS) is 20.6. The second-order valence-electron chi connectivity index (χ2n) is 4.65. The minimum Gasteiger partial charge on any atom is -0.330 e. The van der Waals surface area contributed by atoms with E-state index >= 15 is 0 Å². The van der Waals surface area contributed by atoms with Crippen LogP contribution < -0.4 is 16.4 Å². The molecule has 4 N–H and O–H groups in total. The molecule has 0 atom stereocenters. The van der Waals surface area contributed by atoms with Crippen LogP contribution in [-0.4, -0.2) is 57.8 Å². The van der Waals surface area contributed by atoms with Crippen LogP contribution in [0.25, 0.3) is 0 Å². The number of likely N-dealkylation sites (N-methyl/N-ethyl adjacent to an activating group) is 1. The molecule has 104 valence electrons. The molecule has 4 heteroatoms. The van der Waals surface area contributed by atoms with E-state index in [2.05, 4.69) is 29.5 Å². The fourth-order valence-electron chi connectivity index (χ4n) is 1.58. The molecule has 0 aliphatic carbocycles. The molecule has 0 radical (unpaired) electrons. The van der Waals surface area contributed by atoms with Gasteiger partial charge >= 0.3 is 0 Å². The van der Waals surface area contributed by atoms with E-state index in [9.17, 15) is 0 Å². The molecular formula is C13H32N4. The van der Waals surface area contributed by atoms with E-state index in [0.29, 0.717) is 0 Å². The third kappa shape index (κ3) is 13.8. The Morgan fingerprint density at radius 2 is 1.41 bits per heavy atom. The van der Waals surface area contributed by atoms with Gasteiger partial charge in [-0.3, -0.25) is 0 Å². The summed E-state index contributed by atoms with van der Waals surface area (Å²) in [5.41, 5.74) is 5.03. The summed E-state index contributed by atoms with van der Waals surface area (Å²) in [5.74, 6) is 0. The summed E-state index contributed by atoms with van der Waals surface area (Å²) < 4.78 is 0. The van der Waals surface area contributed by atoms with Gasteiger partial charge in [0.2, 0.25) is 0 Å². The molecule has 0 bridgehead atoms. The maximum atomic E-state index is 5.03. The molecule has 2 aliphatic heterocycles. The standard InChI is InChI=1S/C5H12N2.C5H11N.C3H9N/c1-7-4-2-6-3-5-7;1-2-4-6-5-3-1;1-2-3-4/h6H,2-5H2,1H3;6H,1-5H2;2-4H2,1H3. The number of nitrogens with one attached hydrogen (secondary N) is 2. The number of nitrogens with zero attached hydrogens (tertiary/aromatic N) is 1. The average Bonchev–Trinajstić information content (AvgIpc) is 2.43. The van der Waals surface area contributed by atoms with E-state index < -0.39 is 0 Å². The predicted molar refractivity (Wildman–Crippen MR) is 76.4 cm³/mol. The van der Waals surface area contributed by atoms with Gasteiger partial charge in [0.25, 0.3) is 0 Å². The predicted octanol–water partition coefficient (Wildman–Crippen LogP) is 0.636. The third-order valence-electron chi connectivity index (χ3n) is 2.84. The fourth-order valence-corrected chi connectivity index (χ4v) is 1.58. The highest BCUT2D eigenvalue weighted by atomic mass is 15.2. The third-order valence-corrected chi connectivity index (χ3v) is 2.84. The van der Waals surface area contributed by atoms with Crippen LogP contribution in [0.5, 0.6) is 0 Å². The Labute approximate surface area is 107 Å². The highest BCUT2D eigenvalue weighted by Gasteiger charge is 2.01. The number of rotatable bonds is 1. The highest BCUT2D eigenvalue weighted by molar-refractivity contribution is 4.62. The van der Waals surface area contributed by atoms with Gasteiger partial charge < -0.3 is 21.3 Å². The molecule has 2 aliphatic rings. The van der Waals surface area contributed by atoms with Crippen molar-refractivity contribution in [1.82, 2.24) is 15.5 Å². The van der Waals surface area contributed by atoms with Crippen molar-refractivity contribution in [3.05, 3.63) is 0 Å². The molecule has 2 rings (SSSR count). The van der Waals surface area contributed by atoms with Crippen molar-refractivity contribution in [2.75, 3.05) is 52.9 Å². The Bertz CT molecular complexity index is 118. The Hall–Kier alpha value is -0.160. The number of hydrogen-bond donors (Lipinski definition) is 3. The number of hydrogen-bond acceptors (Lipinski definition) is 4. The van der Waals surface area contributed by atoms with Crippen molar-refractivity contribution in [2.45, 2.75) is 32.6 Å². The first-order valence-electron chi connectivity index (χ1n) is 7.11.